The van der Waals surface area contributed by atoms with E-state index >= 15 is 0 Å². The number of benzene rings is 1. The van der Waals surface area contributed by atoms with Gasteiger partial charge in [-0.3, -0.25) is 4.98 Å². The average molecular weight is 249 g/mol. The molecule has 1 aromatic heterocycles. The number of nitrogens with zero attached hydrogens (tertiary/aromatic N) is 1. The van der Waals surface area contributed by atoms with Crippen LogP contribution in [0.3, 0.4) is 0 Å². The molecule has 0 aliphatic carbocycles. The van der Waals surface area contributed by atoms with Gasteiger partial charge in [-0.05, 0) is 25.5 Å². The van der Waals surface area contributed by atoms with Gasteiger partial charge in [0.25, 0.3) is 0 Å². The maximum Gasteiger partial charge on any atom is 0.125 e. The Labute approximate surface area is 105 Å². The van der Waals surface area contributed by atoms with Gasteiger partial charge in [-0.1, -0.05) is 12.1 Å². The topological polar surface area (TPSA) is 42.4 Å². The molecule has 1 N–H and O–H groups in total. The average Bonchev–Trinajstić information content (AvgIpc) is 2.78. The molecule has 0 fully saturated rings. The second kappa shape index (κ2) is 5.29. The van der Waals surface area contributed by atoms with Crippen molar-refractivity contribution in [3.63, 3.8) is 0 Å². The minimum atomic E-state index is -0.521. The SMILES string of the molecule is Cc1ccc(C(C)O)c(OCc2cncs2)c1. The van der Waals surface area contributed by atoms with Gasteiger partial charge >= 0.3 is 0 Å². The fourth-order valence-corrected chi connectivity index (χ4v) is 2.08. The largest absolute Gasteiger partial charge is 0.488 e. The van der Waals surface area contributed by atoms with Crippen LogP contribution in [0.25, 0.3) is 0 Å². The molecule has 0 saturated carbocycles. The summed E-state index contributed by atoms with van der Waals surface area (Å²) in [6, 6.07) is 5.83. The lowest BCUT2D eigenvalue weighted by molar-refractivity contribution is 0.190. The van der Waals surface area contributed by atoms with Gasteiger partial charge in [0.1, 0.15) is 12.4 Å². The molecule has 4 heteroatoms. The van der Waals surface area contributed by atoms with Crippen molar-refractivity contribution < 1.29 is 9.84 Å². The molecule has 0 radical (unpaired) electrons. The number of aliphatic hydroxyl groups is 1. The number of aliphatic hydroxyl groups excluding tert-OH is 1. The summed E-state index contributed by atoms with van der Waals surface area (Å²) in [7, 11) is 0. The Morgan fingerprint density at radius 3 is 2.94 bits per heavy atom. The first-order valence-electron chi connectivity index (χ1n) is 5.45. The summed E-state index contributed by atoms with van der Waals surface area (Å²) in [6.45, 7) is 4.24. The van der Waals surface area contributed by atoms with Crippen molar-refractivity contribution in [2.24, 2.45) is 0 Å². The smallest absolute Gasteiger partial charge is 0.125 e. The summed E-state index contributed by atoms with van der Waals surface area (Å²) in [5, 5.41) is 9.66. The van der Waals surface area contributed by atoms with Crippen LogP contribution < -0.4 is 4.74 Å². The van der Waals surface area contributed by atoms with E-state index in [4.69, 9.17) is 4.74 Å². The zero-order valence-electron chi connectivity index (χ0n) is 9.88. The molecule has 2 aromatic rings. The Bertz CT molecular complexity index is 480. The van der Waals surface area contributed by atoms with E-state index in [-0.39, 0.29) is 0 Å². The Morgan fingerprint density at radius 1 is 1.47 bits per heavy atom. The van der Waals surface area contributed by atoms with E-state index in [9.17, 15) is 5.11 Å². The highest BCUT2D eigenvalue weighted by Crippen LogP contribution is 2.27. The maximum atomic E-state index is 9.66. The number of aryl methyl sites for hydroxylation is 1. The van der Waals surface area contributed by atoms with Crippen molar-refractivity contribution >= 4 is 11.3 Å². The van der Waals surface area contributed by atoms with Gasteiger partial charge in [0.05, 0.1) is 16.5 Å². The molecule has 90 valence electrons. The summed E-state index contributed by atoms with van der Waals surface area (Å²) < 4.78 is 5.73. The normalized spacial score (nSPS) is 12.4. The fraction of sp³-hybridized carbons (Fsp3) is 0.308. The lowest BCUT2D eigenvalue weighted by Crippen LogP contribution is -2.00. The maximum absolute atomic E-state index is 9.66. The third kappa shape index (κ3) is 3.05. The highest BCUT2D eigenvalue weighted by molar-refractivity contribution is 7.09. The molecule has 0 bridgehead atoms. The lowest BCUT2D eigenvalue weighted by atomic mass is 10.1. The number of aromatic nitrogens is 1. The van der Waals surface area contributed by atoms with E-state index in [0.717, 1.165) is 21.8 Å². The number of hydrogen-bond acceptors (Lipinski definition) is 4. The zero-order chi connectivity index (χ0) is 12.3. The van der Waals surface area contributed by atoms with Gasteiger partial charge in [0, 0.05) is 11.8 Å². The summed E-state index contributed by atoms with van der Waals surface area (Å²) in [6.07, 6.45) is 1.27. The summed E-state index contributed by atoms with van der Waals surface area (Å²) >= 11 is 1.56. The third-order valence-electron chi connectivity index (χ3n) is 2.47. The summed E-state index contributed by atoms with van der Waals surface area (Å²) in [5.74, 6) is 0.744. The van der Waals surface area contributed by atoms with Crippen molar-refractivity contribution in [2.45, 2.75) is 26.6 Å². The summed E-state index contributed by atoms with van der Waals surface area (Å²) in [4.78, 5) is 5.07. The van der Waals surface area contributed by atoms with Crippen LogP contribution in [0.5, 0.6) is 5.75 Å². The van der Waals surface area contributed by atoms with Crippen molar-refractivity contribution in [3.8, 4) is 5.75 Å². The van der Waals surface area contributed by atoms with Crippen LogP contribution in [0.15, 0.2) is 29.9 Å². The Hall–Kier alpha value is -1.39. The minimum absolute atomic E-state index is 0.494. The second-order valence-electron chi connectivity index (χ2n) is 3.97. The van der Waals surface area contributed by atoms with E-state index in [1.165, 1.54) is 0 Å². The predicted octanol–water partition coefficient (Wildman–Crippen LogP) is 3.08. The van der Waals surface area contributed by atoms with E-state index in [1.807, 2.05) is 25.1 Å². The van der Waals surface area contributed by atoms with Crippen molar-refractivity contribution in [1.82, 2.24) is 4.98 Å². The summed E-state index contributed by atoms with van der Waals surface area (Å²) in [5.41, 5.74) is 3.72. The van der Waals surface area contributed by atoms with Gasteiger partial charge in [0.15, 0.2) is 0 Å². The van der Waals surface area contributed by atoms with Crippen LogP contribution in [0, 0.1) is 6.92 Å². The van der Waals surface area contributed by atoms with Crippen molar-refractivity contribution in [2.75, 3.05) is 0 Å². The van der Waals surface area contributed by atoms with Gasteiger partial charge in [-0.15, -0.1) is 11.3 Å². The first-order valence-corrected chi connectivity index (χ1v) is 6.33. The molecule has 17 heavy (non-hydrogen) atoms. The van der Waals surface area contributed by atoms with E-state index in [2.05, 4.69) is 4.98 Å². The van der Waals surface area contributed by atoms with Gasteiger partial charge in [0.2, 0.25) is 0 Å². The molecule has 0 aliphatic rings. The molecule has 0 amide bonds. The molecule has 2 rings (SSSR count). The number of rotatable bonds is 4. The second-order valence-corrected chi connectivity index (χ2v) is 4.94. The molecule has 1 unspecified atom stereocenters. The molecule has 0 aliphatic heterocycles. The van der Waals surface area contributed by atoms with E-state index in [1.54, 1.807) is 30.0 Å². The van der Waals surface area contributed by atoms with E-state index in [0.29, 0.717) is 6.61 Å². The van der Waals surface area contributed by atoms with E-state index < -0.39 is 6.10 Å². The Morgan fingerprint density at radius 2 is 2.29 bits per heavy atom. The standard InChI is InChI=1S/C13H15NO2S/c1-9-3-4-12(10(2)15)13(5-9)16-7-11-6-14-8-17-11/h3-6,8,10,15H,7H2,1-2H3. The molecule has 0 spiro atoms. The van der Waals surface area contributed by atoms with Gasteiger partial charge < -0.3 is 9.84 Å². The van der Waals surface area contributed by atoms with Crippen LogP contribution in [-0.4, -0.2) is 10.1 Å². The van der Waals surface area contributed by atoms with Crippen LogP contribution in [0.1, 0.15) is 29.0 Å². The molecule has 3 nitrogen and oxygen atoms in total. The fourth-order valence-electron chi connectivity index (χ4n) is 1.57. The highest BCUT2D eigenvalue weighted by Gasteiger charge is 2.09. The van der Waals surface area contributed by atoms with Gasteiger partial charge in [-0.25, -0.2) is 0 Å². The number of hydrogen-bond donors (Lipinski definition) is 1. The predicted molar refractivity (Wildman–Crippen MR) is 68.3 cm³/mol. The van der Waals surface area contributed by atoms with Gasteiger partial charge in [-0.2, -0.15) is 0 Å². The van der Waals surface area contributed by atoms with Crippen molar-refractivity contribution in [3.05, 3.63) is 45.9 Å². The zero-order valence-corrected chi connectivity index (χ0v) is 10.7. The molecular weight excluding hydrogens is 234 g/mol. The van der Waals surface area contributed by atoms with Crippen molar-refractivity contribution in [1.29, 1.82) is 0 Å². The molecule has 0 saturated heterocycles. The Balaban J connectivity index is 2.16. The molecule has 1 heterocycles. The first kappa shape index (κ1) is 12.1. The van der Waals surface area contributed by atoms with Crippen LogP contribution in [0.2, 0.25) is 0 Å². The lowest BCUT2D eigenvalue weighted by Gasteiger charge is -2.13. The number of thiazole rings is 1. The molecule has 1 atom stereocenters. The van der Waals surface area contributed by atoms with Crippen LogP contribution in [0.4, 0.5) is 0 Å². The molecular formula is C13H15NO2S. The highest BCUT2D eigenvalue weighted by atomic mass is 32.1. The quantitative estimate of drug-likeness (QED) is 0.905. The first-order chi connectivity index (χ1) is 8.16. The third-order valence-corrected chi connectivity index (χ3v) is 3.23. The molecule has 1 aromatic carbocycles. The van der Waals surface area contributed by atoms with Crippen LogP contribution in [-0.2, 0) is 6.61 Å². The number of ether oxygens (including phenoxy) is 1. The minimum Gasteiger partial charge on any atom is -0.488 e. The van der Waals surface area contributed by atoms with Crippen LogP contribution >= 0.6 is 11.3 Å². The monoisotopic (exact) mass is 249 g/mol. The Kier molecular flexibility index (Phi) is 3.76.